The van der Waals surface area contributed by atoms with Crippen LogP contribution in [0.3, 0.4) is 0 Å². The number of carbonyl (C=O) groups is 1. The summed E-state index contributed by atoms with van der Waals surface area (Å²) in [6.07, 6.45) is -3.11. The summed E-state index contributed by atoms with van der Waals surface area (Å²) in [6.45, 7) is 0. The highest BCUT2D eigenvalue weighted by atomic mass is 19.4. The number of amides is 1. The summed E-state index contributed by atoms with van der Waals surface area (Å²) >= 11 is 0. The highest BCUT2D eigenvalue weighted by molar-refractivity contribution is 5.94. The van der Waals surface area contributed by atoms with Gasteiger partial charge in [0.2, 0.25) is 5.91 Å². The first-order valence-corrected chi connectivity index (χ1v) is 4.56. The molecule has 90 valence electrons. The van der Waals surface area contributed by atoms with Crippen molar-refractivity contribution >= 4 is 11.4 Å². The first kappa shape index (κ1) is 11.4. The lowest BCUT2D eigenvalue weighted by atomic mass is 10.3. The van der Waals surface area contributed by atoms with Crippen molar-refractivity contribution in [3.05, 3.63) is 29.8 Å². The summed E-state index contributed by atoms with van der Waals surface area (Å²) in [5.41, 5.74) is 5.61. The van der Waals surface area contributed by atoms with E-state index in [-0.39, 0.29) is 11.4 Å². The van der Waals surface area contributed by atoms with Gasteiger partial charge in [0.05, 0.1) is 17.3 Å². The maximum absolute atomic E-state index is 12.1. The predicted molar refractivity (Wildman–Crippen MR) is 51.3 cm³/mol. The van der Waals surface area contributed by atoms with E-state index in [1.165, 1.54) is 18.5 Å². The maximum Gasteiger partial charge on any atom is 0.396 e. The van der Waals surface area contributed by atoms with Gasteiger partial charge < -0.3 is 5.73 Å². The van der Waals surface area contributed by atoms with Crippen LogP contribution in [0.15, 0.2) is 18.5 Å². The van der Waals surface area contributed by atoms with E-state index < -0.39 is 18.5 Å². The van der Waals surface area contributed by atoms with Gasteiger partial charge in [0.25, 0.3) is 0 Å². The standard InChI is InChI=1S/C9H7F3N4O/c10-9(11,12)2-7-14-3-6-1-5(8(13)17)4-16(6)15-7/h1,3-4H,2H2,(H2,13,17). The Hall–Kier alpha value is -2.12. The Morgan fingerprint density at radius 1 is 1.47 bits per heavy atom. The maximum atomic E-state index is 12.1. The Balaban J connectivity index is 2.40. The number of nitrogens with two attached hydrogens (primary N) is 1. The fourth-order valence-electron chi connectivity index (χ4n) is 1.34. The van der Waals surface area contributed by atoms with Crippen LogP contribution in [-0.4, -0.2) is 26.7 Å². The van der Waals surface area contributed by atoms with Crippen molar-refractivity contribution in [2.24, 2.45) is 5.73 Å². The molecule has 0 saturated carbocycles. The second-order valence-electron chi connectivity index (χ2n) is 3.43. The smallest absolute Gasteiger partial charge is 0.366 e. The zero-order chi connectivity index (χ0) is 12.6. The molecule has 2 heterocycles. The Labute approximate surface area is 93.1 Å². The van der Waals surface area contributed by atoms with Crippen LogP contribution in [0.2, 0.25) is 0 Å². The molecule has 2 aromatic heterocycles. The minimum Gasteiger partial charge on any atom is -0.366 e. The molecule has 0 atom stereocenters. The molecule has 0 fully saturated rings. The number of alkyl halides is 3. The van der Waals surface area contributed by atoms with Gasteiger partial charge in [0.15, 0.2) is 5.82 Å². The minimum atomic E-state index is -4.37. The van der Waals surface area contributed by atoms with Crippen LogP contribution >= 0.6 is 0 Å². The van der Waals surface area contributed by atoms with Gasteiger partial charge in [0, 0.05) is 6.20 Å². The molecule has 0 radical (unpaired) electrons. The van der Waals surface area contributed by atoms with Gasteiger partial charge >= 0.3 is 6.18 Å². The molecule has 2 rings (SSSR count). The number of fused-ring (bicyclic) bond motifs is 1. The Kier molecular flexibility index (Phi) is 2.49. The molecule has 8 heteroatoms. The summed E-state index contributed by atoms with van der Waals surface area (Å²) < 4.78 is 37.5. The number of hydrogen-bond acceptors (Lipinski definition) is 3. The van der Waals surface area contributed by atoms with E-state index in [1.54, 1.807) is 0 Å². The van der Waals surface area contributed by atoms with E-state index in [1.807, 2.05) is 0 Å². The third-order valence-corrected chi connectivity index (χ3v) is 2.04. The van der Waals surface area contributed by atoms with Crippen LogP contribution in [0.1, 0.15) is 16.2 Å². The molecule has 17 heavy (non-hydrogen) atoms. The summed E-state index contributed by atoms with van der Waals surface area (Å²) in [5, 5.41) is 3.64. The van der Waals surface area contributed by atoms with E-state index in [0.717, 1.165) is 4.52 Å². The van der Waals surface area contributed by atoms with Crippen molar-refractivity contribution in [3.8, 4) is 0 Å². The molecule has 5 nitrogen and oxygen atoms in total. The fraction of sp³-hybridized carbons (Fsp3) is 0.222. The van der Waals surface area contributed by atoms with E-state index in [9.17, 15) is 18.0 Å². The molecule has 0 spiro atoms. The molecule has 2 N–H and O–H groups in total. The Morgan fingerprint density at radius 3 is 2.76 bits per heavy atom. The van der Waals surface area contributed by atoms with Crippen molar-refractivity contribution < 1.29 is 18.0 Å². The number of halogens is 3. The van der Waals surface area contributed by atoms with Crippen molar-refractivity contribution in [2.45, 2.75) is 12.6 Å². The van der Waals surface area contributed by atoms with Crippen LogP contribution in [0, 0.1) is 0 Å². The van der Waals surface area contributed by atoms with E-state index >= 15 is 0 Å². The van der Waals surface area contributed by atoms with Gasteiger partial charge in [-0.2, -0.15) is 18.3 Å². The van der Waals surface area contributed by atoms with E-state index in [0.29, 0.717) is 5.52 Å². The highest BCUT2D eigenvalue weighted by Crippen LogP contribution is 2.19. The quantitative estimate of drug-likeness (QED) is 0.854. The monoisotopic (exact) mass is 244 g/mol. The first-order valence-electron chi connectivity index (χ1n) is 4.56. The van der Waals surface area contributed by atoms with Crippen LogP contribution < -0.4 is 5.73 Å². The van der Waals surface area contributed by atoms with Gasteiger partial charge in [-0.25, -0.2) is 9.50 Å². The summed E-state index contributed by atoms with van der Waals surface area (Å²) in [6, 6.07) is 1.40. The largest absolute Gasteiger partial charge is 0.396 e. The van der Waals surface area contributed by atoms with E-state index in [2.05, 4.69) is 10.1 Å². The molecule has 0 saturated heterocycles. The zero-order valence-electron chi connectivity index (χ0n) is 8.40. The SMILES string of the molecule is NC(=O)c1cc2cnc(CC(F)(F)F)nn2c1. The number of primary amides is 1. The van der Waals surface area contributed by atoms with Crippen molar-refractivity contribution in [1.82, 2.24) is 14.6 Å². The van der Waals surface area contributed by atoms with Gasteiger partial charge in [0.1, 0.15) is 6.42 Å². The average Bonchev–Trinajstić information content (AvgIpc) is 2.57. The lowest BCUT2D eigenvalue weighted by Crippen LogP contribution is -2.15. The molecule has 1 amide bonds. The molecule has 0 aromatic carbocycles. The van der Waals surface area contributed by atoms with Crippen LogP contribution in [0.25, 0.3) is 5.52 Å². The normalized spacial score (nSPS) is 11.9. The molecule has 0 aliphatic rings. The highest BCUT2D eigenvalue weighted by Gasteiger charge is 2.29. The van der Waals surface area contributed by atoms with E-state index in [4.69, 9.17) is 5.73 Å². The lowest BCUT2D eigenvalue weighted by molar-refractivity contribution is -0.128. The molecule has 0 aliphatic heterocycles. The van der Waals surface area contributed by atoms with Crippen LogP contribution in [0.4, 0.5) is 13.2 Å². The van der Waals surface area contributed by atoms with Crippen LogP contribution in [0.5, 0.6) is 0 Å². The van der Waals surface area contributed by atoms with Gasteiger partial charge in [-0.3, -0.25) is 4.79 Å². The summed E-state index contributed by atoms with van der Waals surface area (Å²) in [4.78, 5) is 14.4. The number of rotatable bonds is 2. The Morgan fingerprint density at radius 2 is 2.18 bits per heavy atom. The second kappa shape index (κ2) is 3.72. The molecule has 0 unspecified atom stereocenters. The van der Waals surface area contributed by atoms with Crippen molar-refractivity contribution in [1.29, 1.82) is 0 Å². The number of nitrogens with zero attached hydrogens (tertiary/aromatic N) is 3. The third-order valence-electron chi connectivity index (χ3n) is 2.04. The molecular formula is C9H7F3N4O. The fourth-order valence-corrected chi connectivity index (χ4v) is 1.34. The second-order valence-corrected chi connectivity index (χ2v) is 3.43. The molecule has 0 aliphatic carbocycles. The predicted octanol–water partition coefficient (Wildman–Crippen LogP) is 0.933. The first-order chi connectivity index (χ1) is 7.85. The number of aromatic nitrogens is 3. The molecular weight excluding hydrogens is 237 g/mol. The average molecular weight is 244 g/mol. The zero-order valence-corrected chi connectivity index (χ0v) is 8.40. The van der Waals surface area contributed by atoms with Gasteiger partial charge in [-0.1, -0.05) is 0 Å². The number of carbonyl (C=O) groups excluding carboxylic acids is 1. The van der Waals surface area contributed by atoms with Crippen LogP contribution in [-0.2, 0) is 6.42 Å². The summed E-state index contributed by atoms with van der Waals surface area (Å²) in [5.74, 6) is -1.04. The van der Waals surface area contributed by atoms with Gasteiger partial charge in [-0.15, -0.1) is 0 Å². The topological polar surface area (TPSA) is 73.3 Å². The van der Waals surface area contributed by atoms with Gasteiger partial charge in [-0.05, 0) is 6.07 Å². The molecule has 2 aromatic rings. The molecule has 0 bridgehead atoms. The lowest BCUT2D eigenvalue weighted by Gasteiger charge is -2.04. The summed E-state index contributed by atoms with van der Waals surface area (Å²) in [7, 11) is 0. The minimum absolute atomic E-state index is 0.170. The Bertz CT molecular complexity index is 575. The van der Waals surface area contributed by atoms with Crippen molar-refractivity contribution in [2.75, 3.05) is 0 Å². The number of hydrogen-bond donors (Lipinski definition) is 1. The third kappa shape index (κ3) is 2.52. The van der Waals surface area contributed by atoms with Crippen molar-refractivity contribution in [3.63, 3.8) is 0 Å².